The number of nitrogens with zero attached hydrogens (tertiary/aromatic N) is 1. The van der Waals surface area contributed by atoms with Crippen LogP contribution in [0.1, 0.15) is 43.7 Å². The monoisotopic (exact) mass is 234 g/mol. The topological polar surface area (TPSA) is 48.1 Å². The molecule has 0 saturated heterocycles. The normalized spacial score (nSPS) is 24.6. The maximum atomic E-state index is 6.04. The molecule has 1 fully saturated rings. The van der Waals surface area contributed by atoms with Gasteiger partial charge in [0.1, 0.15) is 6.10 Å². The van der Waals surface area contributed by atoms with Gasteiger partial charge in [0.2, 0.25) is 5.88 Å². The van der Waals surface area contributed by atoms with Crippen LogP contribution < -0.4 is 10.5 Å². The van der Waals surface area contributed by atoms with Crippen molar-refractivity contribution in [2.45, 2.75) is 52.2 Å². The Morgan fingerprint density at radius 2 is 2.29 bits per heavy atom. The van der Waals surface area contributed by atoms with Gasteiger partial charge in [-0.05, 0) is 43.7 Å². The predicted molar refractivity (Wildman–Crippen MR) is 68.9 cm³/mol. The largest absolute Gasteiger partial charge is 0.474 e. The van der Waals surface area contributed by atoms with Gasteiger partial charge < -0.3 is 10.5 Å². The van der Waals surface area contributed by atoms with Crippen LogP contribution in [0.15, 0.2) is 12.3 Å². The maximum Gasteiger partial charge on any atom is 0.218 e. The van der Waals surface area contributed by atoms with Crippen molar-refractivity contribution in [2.75, 3.05) is 0 Å². The molecule has 2 atom stereocenters. The van der Waals surface area contributed by atoms with Crippen LogP contribution in [0.25, 0.3) is 0 Å². The number of hydrogen-bond acceptors (Lipinski definition) is 3. The van der Waals surface area contributed by atoms with Crippen molar-refractivity contribution in [3.05, 3.63) is 23.4 Å². The van der Waals surface area contributed by atoms with E-state index in [2.05, 4.69) is 18.8 Å². The molecule has 1 aliphatic rings. The van der Waals surface area contributed by atoms with Gasteiger partial charge in [-0.1, -0.05) is 13.3 Å². The van der Waals surface area contributed by atoms with Gasteiger partial charge in [0, 0.05) is 18.3 Å². The summed E-state index contributed by atoms with van der Waals surface area (Å²) in [6.45, 7) is 4.85. The fraction of sp³-hybridized carbons (Fsp3) is 0.643. The van der Waals surface area contributed by atoms with Crippen LogP contribution in [0, 0.1) is 12.8 Å². The Morgan fingerprint density at radius 3 is 3.00 bits per heavy atom. The second-order valence-electron chi connectivity index (χ2n) is 5.13. The summed E-state index contributed by atoms with van der Waals surface area (Å²) in [5.74, 6) is 1.51. The number of aryl methyl sites for hydroxylation is 1. The fourth-order valence-electron chi connectivity index (χ4n) is 2.56. The molecule has 3 heteroatoms. The Morgan fingerprint density at radius 1 is 1.47 bits per heavy atom. The highest BCUT2D eigenvalue weighted by Crippen LogP contribution is 2.28. The predicted octanol–water partition coefficient (Wildman–Crippen LogP) is 2.81. The summed E-state index contributed by atoms with van der Waals surface area (Å²) in [7, 11) is 0. The Labute approximate surface area is 103 Å². The molecule has 0 aliphatic heterocycles. The molecule has 1 saturated carbocycles. The summed E-state index contributed by atoms with van der Waals surface area (Å²) in [5, 5.41) is 0. The first-order valence-corrected chi connectivity index (χ1v) is 6.52. The molecule has 2 unspecified atom stereocenters. The summed E-state index contributed by atoms with van der Waals surface area (Å²) in [5.41, 5.74) is 7.98. The van der Waals surface area contributed by atoms with E-state index in [1.54, 1.807) is 6.20 Å². The molecule has 2 rings (SSSR count). The number of pyridine rings is 1. The minimum absolute atomic E-state index is 0.318. The Kier molecular flexibility index (Phi) is 4.00. The van der Waals surface area contributed by atoms with Gasteiger partial charge in [0.15, 0.2) is 0 Å². The van der Waals surface area contributed by atoms with Crippen molar-refractivity contribution in [3.8, 4) is 5.88 Å². The van der Waals surface area contributed by atoms with Crippen LogP contribution in [-0.2, 0) is 6.54 Å². The molecule has 3 nitrogen and oxygen atoms in total. The van der Waals surface area contributed by atoms with Gasteiger partial charge in [-0.2, -0.15) is 0 Å². The molecular weight excluding hydrogens is 212 g/mol. The first-order chi connectivity index (χ1) is 8.20. The third-order valence-electron chi connectivity index (χ3n) is 3.62. The Balaban J connectivity index is 2.10. The summed E-state index contributed by atoms with van der Waals surface area (Å²) in [6.07, 6.45) is 6.98. The number of nitrogens with two attached hydrogens (primary N) is 1. The third-order valence-corrected chi connectivity index (χ3v) is 3.62. The van der Waals surface area contributed by atoms with Crippen LogP contribution in [0.3, 0.4) is 0 Å². The van der Waals surface area contributed by atoms with Gasteiger partial charge in [-0.25, -0.2) is 4.98 Å². The maximum absolute atomic E-state index is 6.04. The molecule has 0 spiro atoms. The molecule has 17 heavy (non-hydrogen) atoms. The van der Waals surface area contributed by atoms with E-state index in [0.717, 1.165) is 30.2 Å². The second-order valence-corrected chi connectivity index (χ2v) is 5.13. The van der Waals surface area contributed by atoms with Crippen molar-refractivity contribution < 1.29 is 4.74 Å². The molecule has 1 heterocycles. The van der Waals surface area contributed by atoms with Crippen LogP contribution >= 0.6 is 0 Å². The van der Waals surface area contributed by atoms with Crippen molar-refractivity contribution in [2.24, 2.45) is 11.7 Å². The standard InChI is InChI=1S/C14H22N2O/c1-10-4-3-5-12(8-10)17-14-13(9-15)11(2)6-7-16-14/h6-7,10,12H,3-5,8-9,15H2,1-2H3. The minimum atomic E-state index is 0.318. The molecule has 0 radical (unpaired) electrons. The van der Waals surface area contributed by atoms with Crippen LogP contribution in [0.2, 0.25) is 0 Å². The summed E-state index contributed by atoms with van der Waals surface area (Å²) < 4.78 is 6.04. The number of ether oxygens (including phenoxy) is 1. The van der Waals surface area contributed by atoms with Crippen molar-refractivity contribution in [1.82, 2.24) is 4.98 Å². The molecular formula is C14H22N2O. The van der Waals surface area contributed by atoms with E-state index in [9.17, 15) is 0 Å². The van der Waals surface area contributed by atoms with Crippen LogP contribution in [0.5, 0.6) is 5.88 Å². The summed E-state index contributed by atoms with van der Waals surface area (Å²) in [4.78, 5) is 4.33. The van der Waals surface area contributed by atoms with Gasteiger partial charge in [0.05, 0.1) is 0 Å². The lowest BCUT2D eigenvalue weighted by Gasteiger charge is -2.27. The lowest BCUT2D eigenvalue weighted by atomic mass is 9.89. The fourth-order valence-corrected chi connectivity index (χ4v) is 2.56. The number of hydrogen-bond donors (Lipinski definition) is 1. The highest BCUT2D eigenvalue weighted by atomic mass is 16.5. The summed E-state index contributed by atoms with van der Waals surface area (Å²) in [6, 6.07) is 1.98. The van der Waals surface area contributed by atoms with Crippen LogP contribution in [-0.4, -0.2) is 11.1 Å². The molecule has 1 aromatic rings. The SMILES string of the molecule is Cc1ccnc(OC2CCCC(C)C2)c1CN. The zero-order valence-electron chi connectivity index (χ0n) is 10.8. The molecule has 94 valence electrons. The second kappa shape index (κ2) is 5.50. The van der Waals surface area contributed by atoms with E-state index >= 15 is 0 Å². The van der Waals surface area contributed by atoms with Gasteiger partial charge in [-0.3, -0.25) is 0 Å². The van der Waals surface area contributed by atoms with Crippen molar-refractivity contribution >= 4 is 0 Å². The molecule has 2 N–H and O–H groups in total. The van der Waals surface area contributed by atoms with Gasteiger partial charge >= 0.3 is 0 Å². The Bertz CT molecular complexity index is 378. The third kappa shape index (κ3) is 2.97. The number of aromatic nitrogens is 1. The van der Waals surface area contributed by atoms with Gasteiger partial charge in [-0.15, -0.1) is 0 Å². The quantitative estimate of drug-likeness (QED) is 0.874. The van der Waals surface area contributed by atoms with E-state index in [0.29, 0.717) is 12.6 Å². The number of rotatable bonds is 3. The molecule has 1 aliphatic carbocycles. The first-order valence-electron chi connectivity index (χ1n) is 6.52. The van der Waals surface area contributed by atoms with E-state index < -0.39 is 0 Å². The molecule has 1 aromatic heterocycles. The minimum Gasteiger partial charge on any atom is -0.474 e. The smallest absolute Gasteiger partial charge is 0.218 e. The van der Waals surface area contributed by atoms with Crippen molar-refractivity contribution in [1.29, 1.82) is 0 Å². The highest BCUT2D eigenvalue weighted by molar-refractivity contribution is 5.33. The van der Waals surface area contributed by atoms with E-state index in [1.807, 2.05) is 6.07 Å². The summed E-state index contributed by atoms with van der Waals surface area (Å²) >= 11 is 0. The average molecular weight is 234 g/mol. The van der Waals surface area contributed by atoms with E-state index in [4.69, 9.17) is 10.5 Å². The first kappa shape index (κ1) is 12.4. The van der Waals surface area contributed by atoms with E-state index in [-0.39, 0.29) is 0 Å². The average Bonchev–Trinajstić information content (AvgIpc) is 2.29. The zero-order chi connectivity index (χ0) is 12.3. The molecule has 0 bridgehead atoms. The lowest BCUT2D eigenvalue weighted by molar-refractivity contribution is 0.122. The zero-order valence-corrected chi connectivity index (χ0v) is 10.8. The molecule has 0 aromatic carbocycles. The Hall–Kier alpha value is -1.09. The van der Waals surface area contributed by atoms with Crippen LogP contribution in [0.4, 0.5) is 0 Å². The van der Waals surface area contributed by atoms with Gasteiger partial charge in [0.25, 0.3) is 0 Å². The molecule has 0 amide bonds. The van der Waals surface area contributed by atoms with Crippen molar-refractivity contribution in [3.63, 3.8) is 0 Å². The highest BCUT2D eigenvalue weighted by Gasteiger charge is 2.21. The lowest BCUT2D eigenvalue weighted by Crippen LogP contribution is -2.25. The van der Waals surface area contributed by atoms with E-state index in [1.165, 1.54) is 18.4 Å².